The number of aromatic nitrogens is 1. The number of amides is 2. The maximum Gasteiger partial charge on any atom is 0.257 e. The SMILES string of the molecule is Cc1cc(C)cc(NC(=O)c2cncc(C(=O)N3CCCC(C)C3)c2)c1. The van der Waals surface area contributed by atoms with Gasteiger partial charge in [0.05, 0.1) is 11.1 Å². The average Bonchev–Trinajstić information content (AvgIpc) is 2.60. The van der Waals surface area contributed by atoms with E-state index in [1.165, 1.54) is 12.4 Å². The molecule has 2 heterocycles. The summed E-state index contributed by atoms with van der Waals surface area (Å²) in [5.41, 5.74) is 3.77. The van der Waals surface area contributed by atoms with Crippen molar-refractivity contribution in [2.24, 2.45) is 5.92 Å². The number of nitrogens with zero attached hydrogens (tertiary/aromatic N) is 2. The molecule has 1 unspecified atom stereocenters. The number of hydrogen-bond donors (Lipinski definition) is 1. The normalized spacial score (nSPS) is 17.0. The minimum atomic E-state index is -0.260. The summed E-state index contributed by atoms with van der Waals surface area (Å²) in [5.74, 6) is 0.200. The number of nitrogens with one attached hydrogen (secondary N) is 1. The minimum Gasteiger partial charge on any atom is -0.338 e. The molecule has 1 fully saturated rings. The van der Waals surface area contributed by atoms with Crippen LogP contribution in [-0.4, -0.2) is 34.8 Å². The second-order valence-corrected chi connectivity index (χ2v) is 7.29. The quantitative estimate of drug-likeness (QED) is 0.914. The molecule has 1 aliphatic heterocycles. The topological polar surface area (TPSA) is 62.3 Å². The Morgan fingerprint density at radius 1 is 1.08 bits per heavy atom. The van der Waals surface area contributed by atoms with Crippen LogP contribution in [0.25, 0.3) is 0 Å². The molecular weight excluding hydrogens is 326 g/mol. The third-order valence-corrected chi connectivity index (χ3v) is 4.67. The zero-order chi connectivity index (χ0) is 18.7. The molecule has 2 aromatic rings. The molecule has 26 heavy (non-hydrogen) atoms. The highest BCUT2D eigenvalue weighted by molar-refractivity contribution is 6.05. The van der Waals surface area contributed by atoms with Crippen LogP contribution in [0.5, 0.6) is 0 Å². The van der Waals surface area contributed by atoms with Gasteiger partial charge in [-0.15, -0.1) is 0 Å². The van der Waals surface area contributed by atoms with E-state index >= 15 is 0 Å². The molecule has 1 N–H and O–H groups in total. The van der Waals surface area contributed by atoms with Crippen LogP contribution in [0.15, 0.2) is 36.7 Å². The van der Waals surface area contributed by atoms with Crippen molar-refractivity contribution in [3.8, 4) is 0 Å². The van der Waals surface area contributed by atoms with Crippen LogP contribution in [0.1, 0.15) is 51.6 Å². The summed E-state index contributed by atoms with van der Waals surface area (Å²) in [5, 5.41) is 2.89. The summed E-state index contributed by atoms with van der Waals surface area (Å²) >= 11 is 0. The zero-order valence-corrected chi connectivity index (χ0v) is 15.6. The first-order valence-corrected chi connectivity index (χ1v) is 9.06. The van der Waals surface area contributed by atoms with E-state index in [2.05, 4.69) is 23.3 Å². The first kappa shape index (κ1) is 18.1. The molecule has 1 saturated heterocycles. The molecule has 1 aromatic heterocycles. The Kier molecular flexibility index (Phi) is 5.35. The molecular formula is C21H25N3O2. The molecule has 0 bridgehead atoms. The minimum absolute atomic E-state index is 0.0508. The number of carbonyl (C=O) groups is 2. The monoisotopic (exact) mass is 351 g/mol. The lowest BCUT2D eigenvalue weighted by Crippen LogP contribution is -2.39. The highest BCUT2D eigenvalue weighted by Crippen LogP contribution is 2.19. The molecule has 136 valence electrons. The Morgan fingerprint density at radius 3 is 2.46 bits per heavy atom. The third-order valence-electron chi connectivity index (χ3n) is 4.67. The Hall–Kier alpha value is -2.69. The maximum absolute atomic E-state index is 12.7. The summed E-state index contributed by atoms with van der Waals surface area (Å²) in [7, 11) is 0. The number of benzene rings is 1. The van der Waals surface area contributed by atoms with Crippen LogP contribution in [0.4, 0.5) is 5.69 Å². The zero-order valence-electron chi connectivity index (χ0n) is 15.6. The van der Waals surface area contributed by atoms with Gasteiger partial charge in [0.15, 0.2) is 0 Å². The van der Waals surface area contributed by atoms with Crippen LogP contribution in [0, 0.1) is 19.8 Å². The Balaban J connectivity index is 1.75. The Labute approximate surface area is 154 Å². The molecule has 0 aliphatic carbocycles. The van der Waals surface area contributed by atoms with Gasteiger partial charge in [0.25, 0.3) is 11.8 Å². The second kappa shape index (κ2) is 7.68. The van der Waals surface area contributed by atoms with Crippen molar-refractivity contribution < 1.29 is 9.59 Å². The average molecular weight is 351 g/mol. The van der Waals surface area contributed by atoms with E-state index in [1.54, 1.807) is 6.07 Å². The summed E-state index contributed by atoms with van der Waals surface area (Å²) in [6, 6.07) is 7.52. The Morgan fingerprint density at radius 2 is 1.77 bits per heavy atom. The molecule has 0 radical (unpaired) electrons. The van der Waals surface area contributed by atoms with Gasteiger partial charge in [-0.3, -0.25) is 14.6 Å². The van der Waals surface area contributed by atoms with Gasteiger partial charge < -0.3 is 10.2 Å². The number of aryl methyl sites for hydroxylation is 2. The predicted molar refractivity (Wildman–Crippen MR) is 102 cm³/mol. The van der Waals surface area contributed by atoms with Crippen molar-refractivity contribution in [3.63, 3.8) is 0 Å². The smallest absolute Gasteiger partial charge is 0.257 e. The molecule has 0 saturated carbocycles. The molecule has 1 aliphatic rings. The standard InChI is InChI=1S/C21H25N3O2/c1-14-5-4-6-24(13-14)21(26)18-10-17(11-22-12-18)20(25)23-19-8-15(2)7-16(3)9-19/h7-12,14H,4-6,13H2,1-3H3,(H,23,25). The molecule has 5 nitrogen and oxygen atoms in total. The van der Waals surface area contributed by atoms with Crippen LogP contribution in [0.3, 0.4) is 0 Å². The fourth-order valence-corrected chi connectivity index (χ4v) is 3.49. The van der Waals surface area contributed by atoms with Gasteiger partial charge in [-0.2, -0.15) is 0 Å². The van der Waals surface area contributed by atoms with Crippen molar-refractivity contribution in [2.45, 2.75) is 33.6 Å². The van der Waals surface area contributed by atoms with Gasteiger partial charge in [-0.1, -0.05) is 13.0 Å². The number of likely N-dealkylation sites (tertiary alicyclic amines) is 1. The lowest BCUT2D eigenvalue weighted by molar-refractivity contribution is 0.0682. The first-order valence-electron chi connectivity index (χ1n) is 9.06. The van der Waals surface area contributed by atoms with Crippen LogP contribution >= 0.6 is 0 Å². The van der Waals surface area contributed by atoms with Gasteiger partial charge in [0.1, 0.15) is 0 Å². The van der Waals surface area contributed by atoms with Gasteiger partial charge in [0, 0.05) is 31.2 Å². The van der Waals surface area contributed by atoms with Crippen molar-refractivity contribution in [1.29, 1.82) is 0 Å². The van der Waals surface area contributed by atoms with Gasteiger partial charge in [-0.05, 0) is 61.9 Å². The maximum atomic E-state index is 12.7. The number of piperidine rings is 1. The summed E-state index contributed by atoms with van der Waals surface area (Å²) in [6.45, 7) is 7.66. The summed E-state index contributed by atoms with van der Waals surface area (Å²) in [4.78, 5) is 31.3. The largest absolute Gasteiger partial charge is 0.338 e. The van der Waals surface area contributed by atoms with Crippen molar-refractivity contribution in [2.75, 3.05) is 18.4 Å². The van der Waals surface area contributed by atoms with E-state index in [9.17, 15) is 9.59 Å². The first-order chi connectivity index (χ1) is 12.4. The van der Waals surface area contributed by atoms with E-state index in [4.69, 9.17) is 0 Å². The predicted octanol–water partition coefficient (Wildman–Crippen LogP) is 3.82. The van der Waals surface area contributed by atoms with E-state index in [0.29, 0.717) is 17.0 Å². The number of anilines is 1. The lowest BCUT2D eigenvalue weighted by Gasteiger charge is -2.30. The van der Waals surface area contributed by atoms with E-state index in [0.717, 1.165) is 42.7 Å². The van der Waals surface area contributed by atoms with Crippen molar-refractivity contribution >= 4 is 17.5 Å². The summed E-state index contributed by atoms with van der Waals surface area (Å²) in [6.07, 6.45) is 5.20. The van der Waals surface area contributed by atoms with Gasteiger partial charge in [0.2, 0.25) is 0 Å². The Bertz CT molecular complexity index is 812. The highest BCUT2D eigenvalue weighted by atomic mass is 16.2. The molecule has 3 rings (SSSR count). The number of rotatable bonds is 3. The van der Waals surface area contributed by atoms with Crippen LogP contribution in [-0.2, 0) is 0 Å². The number of hydrogen-bond acceptors (Lipinski definition) is 3. The van der Waals surface area contributed by atoms with E-state index in [-0.39, 0.29) is 11.8 Å². The lowest BCUT2D eigenvalue weighted by atomic mass is 9.99. The van der Waals surface area contributed by atoms with Crippen molar-refractivity contribution in [1.82, 2.24) is 9.88 Å². The molecule has 1 aromatic carbocycles. The molecule has 1 atom stereocenters. The second-order valence-electron chi connectivity index (χ2n) is 7.29. The van der Waals surface area contributed by atoms with Gasteiger partial charge >= 0.3 is 0 Å². The molecule has 0 spiro atoms. The fourth-order valence-electron chi connectivity index (χ4n) is 3.49. The summed E-state index contributed by atoms with van der Waals surface area (Å²) < 4.78 is 0. The third kappa shape index (κ3) is 4.28. The molecule has 2 amide bonds. The fraction of sp³-hybridized carbons (Fsp3) is 0.381. The highest BCUT2D eigenvalue weighted by Gasteiger charge is 2.23. The number of pyridine rings is 1. The van der Waals surface area contributed by atoms with E-state index in [1.807, 2.05) is 30.9 Å². The molecule has 5 heteroatoms. The van der Waals surface area contributed by atoms with Crippen LogP contribution < -0.4 is 5.32 Å². The van der Waals surface area contributed by atoms with Gasteiger partial charge in [-0.25, -0.2) is 0 Å². The van der Waals surface area contributed by atoms with Crippen molar-refractivity contribution in [3.05, 3.63) is 58.9 Å². The van der Waals surface area contributed by atoms with E-state index < -0.39 is 0 Å². The number of carbonyl (C=O) groups excluding carboxylic acids is 2. The van der Waals surface area contributed by atoms with Crippen LogP contribution in [0.2, 0.25) is 0 Å².